The SMILES string of the molecule is Cn1c(N)c(C(=O)CSc2nnc(COc3ccc(Cl)cc3)n2-c2ccccc2)c(=O)n(C)c1=O. The van der Waals surface area contributed by atoms with E-state index in [0.29, 0.717) is 21.8 Å². The van der Waals surface area contributed by atoms with Crippen molar-refractivity contribution in [3.63, 3.8) is 0 Å². The first-order chi connectivity index (χ1) is 16.8. The molecule has 0 saturated carbocycles. The predicted molar refractivity (Wildman–Crippen MR) is 134 cm³/mol. The standard InChI is InChI=1S/C23H21ClN6O4S/c1-28-20(25)19(21(32)29(2)23(28)33)17(31)13-35-22-27-26-18(30(22)15-6-4-3-5-7-15)12-34-16-10-8-14(24)9-11-16/h3-11H,12-13,25H2,1-2H3. The van der Waals surface area contributed by atoms with Crippen LogP contribution in [0.25, 0.3) is 5.69 Å². The summed E-state index contributed by atoms with van der Waals surface area (Å²) in [5.74, 6) is 0.289. The van der Waals surface area contributed by atoms with Gasteiger partial charge in [-0.15, -0.1) is 10.2 Å². The monoisotopic (exact) mass is 512 g/mol. The third-order valence-electron chi connectivity index (χ3n) is 5.22. The number of ether oxygens (including phenoxy) is 1. The number of thioether (sulfide) groups is 1. The van der Waals surface area contributed by atoms with Gasteiger partial charge in [-0.3, -0.25) is 23.3 Å². The number of carbonyl (C=O) groups excluding carboxylic acids is 1. The highest BCUT2D eigenvalue weighted by atomic mass is 35.5. The number of ketones is 1. The van der Waals surface area contributed by atoms with E-state index in [-0.39, 0.29) is 23.7 Å². The van der Waals surface area contributed by atoms with Crippen LogP contribution >= 0.6 is 23.4 Å². The van der Waals surface area contributed by atoms with E-state index in [0.717, 1.165) is 26.6 Å². The molecule has 10 nitrogen and oxygen atoms in total. The number of aromatic nitrogens is 5. The number of anilines is 1. The minimum atomic E-state index is -0.738. The number of rotatable bonds is 8. The molecule has 12 heteroatoms. The third kappa shape index (κ3) is 5.00. The van der Waals surface area contributed by atoms with Crippen LogP contribution in [0.2, 0.25) is 5.02 Å². The summed E-state index contributed by atoms with van der Waals surface area (Å²) in [7, 11) is 2.70. The molecule has 2 N–H and O–H groups in total. The van der Waals surface area contributed by atoms with Gasteiger partial charge in [-0.1, -0.05) is 41.6 Å². The zero-order valence-electron chi connectivity index (χ0n) is 18.8. The van der Waals surface area contributed by atoms with Crippen molar-refractivity contribution in [3.05, 3.63) is 91.8 Å². The van der Waals surface area contributed by atoms with Crippen LogP contribution in [0.3, 0.4) is 0 Å². The van der Waals surface area contributed by atoms with Gasteiger partial charge >= 0.3 is 5.69 Å². The quantitative estimate of drug-likeness (QED) is 0.282. The van der Waals surface area contributed by atoms with Crippen LogP contribution in [-0.4, -0.2) is 35.4 Å². The van der Waals surface area contributed by atoms with Crippen LogP contribution in [-0.2, 0) is 20.7 Å². The maximum Gasteiger partial charge on any atom is 0.332 e. The second kappa shape index (κ2) is 10.2. The molecule has 0 saturated heterocycles. The molecule has 0 aliphatic rings. The first kappa shape index (κ1) is 24.3. The summed E-state index contributed by atoms with van der Waals surface area (Å²) in [6.07, 6.45) is 0. The van der Waals surface area contributed by atoms with Crippen LogP contribution in [0.4, 0.5) is 5.82 Å². The minimum absolute atomic E-state index is 0.117. The van der Waals surface area contributed by atoms with Gasteiger partial charge in [0.1, 0.15) is 23.7 Å². The highest BCUT2D eigenvalue weighted by Gasteiger charge is 2.22. The highest BCUT2D eigenvalue weighted by Crippen LogP contribution is 2.24. The van der Waals surface area contributed by atoms with Crippen molar-refractivity contribution in [1.29, 1.82) is 0 Å². The molecule has 0 fully saturated rings. The van der Waals surface area contributed by atoms with Gasteiger partial charge in [-0.25, -0.2) is 4.79 Å². The Balaban J connectivity index is 1.61. The number of Topliss-reactive ketones (excluding diaryl/α,β-unsaturated/α-hetero) is 1. The molecule has 4 rings (SSSR count). The van der Waals surface area contributed by atoms with Crippen LogP contribution in [0, 0.1) is 0 Å². The molecule has 0 bridgehead atoms. The third-order valence-corrected chi connectivity index (χ3v) is 6.40. The van der Waals surface area contributed by atoms with Crippen molar-refractivity contribution in [2.75, 3.05) is 11.5 Å². The summed E-state index contributed by atoms with van der Waals surface area (Å²) in [4.78, 5) is 37.5. The topological polar surface area (TPSA) is 127 Å². The van der Waals surface area contributed by atoms with Gasteiger partial charge in [0.25, 0.3) is 5.56 Å². The zero-order chi connectivity index (χ0) is 25.1. The Kier molecular flexibility index (Phi) is 7.08. The molecule has 4 aromatic rings. The molecule has 0 amide bonds. The summed E-state index contributed by atoms with van der Waals surface area (Å²) >= 11 is 7.03. The second-order valence-corrected chi connectivity index (χ2v) is 8.87. The van der Waals surface area contributed by atoms with E-state index in [1.54, 1.807) is 28.8 Å². The molecule has 2 aromatic carbocycles. The van der Waals surface area contributed by atoms with Gasteiger partial charge < -0.3 is 10.5 Å². The number of benzene rings is 2. The molecule has 2 aromatic heterocycles. The van der Waals surface area contributed by atoms with Crippen molar-refractivity contribution >= 4 is 35.0 Å². The fourth-order valence-electron chi connectivity index (χ4n) is 3.33. The van der Waals surface area contributed by atoms with E-state index < -0.39 is 17.0 Å². The zero-order valence-corrected chi connectivity index (χ0v) is 20.4. The maximum atomic E-state index is 12.9. The van der Waals surface area contributed by atoms with E-state index in [1.165, 1.54) is 14.1 Å². The smallest absolute Gasteiger partial charge is 0.332 e. The molecule has 0 radical (unpaired) electrons. The molecule has 35 heavy (non-hydrogen) atoms. The molecule has 0 aliphatic carbocycles. The number of carbonyl (C=O) groups is 1. The first-order valence-electron chi connectivity index (χ1n) is 10.4. The maximum absolute atomic E-state index is 12.9. The Morgan fingerprint density at radius 1 is 1.03 bits per heavy atom. The number of hydrogen-bond acceptors (Lipinski definition) is 8. The Labute approximate surface area is 208 Å². The summed E-state index contributed by atoms with van der Waals surface area (Å²) < 4.78 is 9.53. The van der Waals surface area contributed by atoms with E-state index in [1.807, 2.05) is 30.3 Å². The molecule has 0 unspecified atom stereocenters. The number of hydrogen-bond donors (Lipinski definition) is 1. The van der Waals surface area contributed by atoms with Gasteiger partial charge in [0.2, 0.25) is 0 Å². The second-order valence-electron chi connectivity index (χ2n) is 7.49. The molecule has 2 heterocycles. The van der Waals surface area contributed by atoms with Crippen LogP contribution < -0.4 is 21.7 Å². The van der Waals surface area contributed by atoms with Crippen molar-refractivity contribution in [2.45, 2.75) is 11.8 Å². The lowest BCUT2D eigenvalue weighted by Crippen LogP contribution is -2.41. The largest absolute Gasteiger partial charge is 0.486 e. The van der Waals surface area contributed by atoms with Crippen LogP contribution in [0.1, 0.15) is 16.2 Å². The van der Waals surface area contributed by atoms with Crippen LogP contribution in [0.15, 0.2) is 69.3 Å². The lowest BCUT2D eigenvalue weighted by Gasteiger charge is -2.12. The number of halogens is 1. The van der Waals surface area contributed by atoms with Gasteiger partial charge in [-0.2, -0.15) is 0 Å². The fourth-order valence-corrected chi connectivity index (χ4v) is 4.30. The fraction of sp³-hybridized carbons (Fsp3) is 0.174. The molecule has 0 spiro atoms. The summed E-state index contributed by atoms with van der Waals surface area (Å²) in [5.41, 5.74) is 5.11. The number of para-hydroxylation sites is 1. The van der Waals surface area contributed by atoms with Crippen molar-refractivity contribution in [3.8, 4) is 11.4 Å². The van der Waals surface area contributed by atoms with Crippen molar-refractivity contribution < 1.29 is 9.53 Å². The van der Waals surface area contributed by atoms with Gasteiger partial charge in [0.05, 0.1) is 5.75 Å². The van der Waals surface area contributed by atoms with Gasteiger partial charge in [-0.05, 0) is 36.4 Å². The molecular weight excluding hydrogens is 492 g/mol. The average molecular weight is 513 g/mol. The number of nitrogen functional groups attached to an aromatic ring is 1. The first-order valence-corrected chi connectivity index (χ1v) is 11.7. The van der Waals surface area contributed by atoms with E-state index in [9.17, 15) is 14.4 Å². The average Bonchev–Trinajstić information content (AvgIpc) is 3.28. The Morgan fingerprint density at radius 2 is 1.71 bits per heavy atom. The Bertz CT molecular complexity index is 1500. The molecule has 0 atom stereocenters. The highest BCUT2D eigenvalue weighted by molar-refractivity contribution is 7.99. The molecule has 180 valence electrons. The minimum Gasteiger partial charge on any atom is -0.486 e. The van der Waals surface area contributed by atoms with Crippen molar-refractivity contribution in [1.82, 2.24) is 23.9 Å². The number of nitrogens with zero attached hydrogens (tertiary/aromatic N) is 5. The lowest BCUT2D eigenvalue weighted by atomic mass is 10.2. The van der Waals surface area contributed by atoms with E-state index >= 15 is 0 Å². The van der Waals surface area contributed by atoms with E-state index in [4.69, 9.17) is 22.1 Å². The van der Waals surface area contributed by atoms with Crippen molar-refractivity contribution in [2.24, 2.45) is 14.1 Å². The van der Waals surface area contributed by atoms with Gasteiger partial charge in [0, 0.05) is 24.8 Å². The normalized spacial score (nSPS) is 10.9. The lowest BCUT2D eigenvalue weighted by molar-refractivity contribution is 0.102. The Morgan fingerprint density at radius 3 is 2.40 bits per heavy atom. The van der Waals surface area contributed by atoms with Gasteiger partial charge in [0.15, 0.2) is 16.8 Å². The molecular formula is C23H21ClN6O4S. The summed E-state index contributed by atoms with van der Waals surface area (Å²) in [6.45, 7) is 0.117. The number of nitrogens with two attached hydrogens (primary N) is 1. The van der Waals surface area contributed by atoms with E-state index in [2.05, 4.69) is 10.2 Å². The molecule has 0 aliphatic heterocycles. The predicted octanol–water partition coefficient (Wildman–Crippen LogP) is 2.45. The summed E-state index contributed by atoms with van der Waals surface area (Å²) in [6, 6.07) is 16.3. The Hall–Kier alpha value is -3.83. The summed E-state index contributed by atoms with van der Waals surface area (Å²) in [5, 5.41) is 9.51. The van der Waals surface area contributed by atoms with Crippen LogP contribution in [0.5, 0.6) is 5.75 Å².